The van der Waals surface area contributed by atoms with Crippen LogP contribution in [0, 0.1) is 6.92 Å². The molecule has 0 spiro atoms. The predicted molar refractivity (Wildman–Crippen MR) is 60.8 cm³/mol. The lowest BCUT2D eigenvalue weighted by Crippen LogP contribution is -2.24. The van der Waals surface area contributed by atoms with Gasteiger partial charge in [0, 0.05) is 11.9 Å². The van der Waals surface area contributed by atoms with E-state index in [1.165, 1.54) is 0 Å². The minimum Gasteiger partial charge on any atom is -0.352 e. The molecule has 3 heteroatoms. The van der Waals surface area contributed by atoms with Gasteiger partial charge in [-0.15, -0.1) is 0 Å². The standard InChI is InChI=1S/C11H15NOS/c1-3-4-5-6-12-11(13)10-8-14-7-9(10)2/h3-4,7-8H,5-6H2,1-2H3,(H,12,13)/b4-3+. The molecule has 0 aliphatic carbocycles. The first kappa shape index (κ1) is 11.0. The van der Waals surface area contributed by atoms with Gasteiger partial charge in [-0.3, -0.25) is 4.79 Å². The van der Waals surface area contributed by atoms with Gasteiger partial charge in [-0.25, -0.2) is 0 Å². The molecule has 76 valence electrons. The number of hydrogen-bond donors (Lipinski definition) is 1. The number of allylic oxidation sites excluding steroid dienone is 1. The lowest BCUT2D eigenvalue weighted by molar-refractivity contribution is 0.0954. The lowest BCUT2D eigenvalue weighted by atomic mass is 10.2. The van der Waals surface area contributed by atoms with E-state index in [0.29, 0.717) is 6.54 Å². The van der Waals surface area contributed by atoms with Gasteiger partial charge in [-0.1, -0.05) is 12.2 Å². The van der Waals surface area contributed by atoms with E-state index in [9.17, 15) is 4.79 Å². The summed E-state index contributed by atoms with van der Waals surface area (Å²) in [7, 11) is 0. The van der Waals surface area contributed by atoms with Crippen molar-refractivity contribution < 1.29 is 4.79 Å². The summed E-state index contributed by atoms with van der Waals surface area (Å²) in [6, 6.07) is 0. The van der Waals surface area contributed by atoms with Crippen molar-refractivity contribution in [3.05, 3.63) is 34.0 Å². The predicted octanol–water partition coefficient (Wildman–Crippen LogP) is 2.75. The Labute approximate surface area is 88.6 Å². The summed E-state index contributed by atoms with van der Waals surface area (Å²) in [5.41, 5.74) is 1.86. The smallest absolute Gasteiger partial charge is 0.252 e. The zero-order chi connectivity index (χ0) is 10.4. The van der Waals surface area contributed by atoms with E-state index in [-0.39, 0.29) is 5.91 Å². The van der Waals surface area contributed by atoms with Gasteiger partial charge < -0.3 is 5.32 Å². The first-order chi connectivity index (χ1) is 6.75. The number of thiophene rings is 1. The zero-order valence-electron chi connectivity index (χ0n) is 8.54. The summed E-state index contributed by atoms with van der Waals surface area (Å²) in [5.74, 6) is 0.0354. The van der Waals surface area contributed by atoms with Crippen LogP contribution in [-0.4, -0.2) is 12.5 Å². The minimum absolute atomic E-state index is 0.0354. The van der Waals surface area contributed by atoms with Crippen molar-refractivity contribution in [3.8, 4) is 0 Å². The Morgan fingerprint density at radius 3 is 2.93 bits per heavy atom. The largest absolute Gasteiger partial charge is 0.352 e. The van der Waals surface area contributed by atoms with Crippen molar-refractivity contribution in [1.29, 1.82) is 0 Å². The molecule has 0 radical (unpaired) electrons. The molecule has 1 aromatic rings. The van der Waals surface area contributed by atoms with Gasteiger partial charge in [0.15, 0.2) is 0 Å². The molecule has 14 heavy (non-hydrogen) atoms. The lowest BCUT2D eigenvalue weighted by Gasteiger charge is -2.02. The van der Waals surface area contributed by atoms with Gasteiger partial charge in [0.2, 0.25) is 0 Å². The summed E-state index contributed by atoms with van der Waals surface area (Å²) in [4.78, 5) is 11.6. The van der Waals surface area contributed by atoms with Crippen LogP contribution >= 0.6 is 11.3 Å². The highest BCUT2D eigenvalue weighted by atomic mass is 32.1. The summed E-state index contributed by atoms with van der Waals surface area (Å²) in [6.07, 6.45) is 4.92. The quantitative estimate of drug-likeness (QED) is 0.599. The van der Waals surface area contributed by atoms with Gasteiger partial charge >= 0.3 is 0 Å². The fraction of sp³-hybridized carbons (Fsp3) is 0.364. The molecule has 1 N–H and O–H groups in total. The van der Waals surface area contributed by atoms with Crippen LogP contribution in [0.1, 0.15) is 29.3 Å². The van der Waals surface area contributed by atoms with E-state index >= 15 is 0 Å². The van der Waals surface area contributed by atoms with E-state index in [1.54, 1.807) is 11.3 Å². The van der Waals surface area contributed by atoms with Crippen molar-refractivity contribution in [3.63, 3.8) is 0 Å². The van der Waals surface area contributed by atoms with Crippen molar-refractivity contribution in [2.75, 3.05) is 6.54 Å². The van der Waals surface area contributed by atoms with Crippen molar-refractivity contribution in [1.82, 2.24) is 5.32 Å². The summed E-state index contributed by atoms with van der Waals surface area (Å²) >= 11 is 1.56. The number of amides is 1. The average molecular weight is 209 g/mol. The Kier molecular flexibility index (Phi) is 4.40. The van der Waals surface area contributed by atoms with Crippen LogP contribution in [-0.2, 0) is 0 Å². The van der Waals surface area contributed by atoms with E-state index < -0.39 is 0 Å². The molecule has 0 fully saturated rings. The van der Waals surface area contributed by atoms with Crippen LogP contribution in [0.15, 0.2) is 22.9 Å². The Morgan fingerprint density at radius 2 is 2.36 bits per heavy atom. The molecule has 1 rings (SSSR count). The van der Waals surface area contributed by atoms with E-state index in [0.717, 1.165) is 17.5 Å². The van der Waals surface area contributed by atoms with Crippen molar-refractivity contribution >= 4 is 17.2 Å². The second-order valence-corrected chi connectivity index (χ2v) is 3.83. The molecule has 0 saturated heterocycles. The van der Waals surface area contributed by atoms with Gasteiger partial charge in [0.1, 0.15) is 0 Å². The van der Waals surface area contributed by atoms with Crippen molar-refractivity contribution in [2.24, 2.45) is 0 Å². The maximum atomic E-state index is 11.6. The molecule has 0 aliphatic heterocycles. The number of hydrogen-bond acceptors (Lipinski definition) is 2. The highest BCUT2D eigenvalue weighted by molar-refractivity contribution is 7.08. The molecule has 1 heterocycles. The van der Waals surface area contributed by atoms with Gasteiger partial charge in [-0.05, 0) is 31.2 Å². The summed E-state index contributed by atoms with van der Waals surface area (Å²) < 4.78 is 0. The minimum atomic E-state index is 0.0354. The third kappa shape index (κ3) is 3.00. The van der Waals surface area contributed by atoms with Crippen molar-refractivity contribution in [2.45, 2.75) is 20.3 Å². The number of aryl methyl sites for hydroxylation is 1. The van der Waals surface area contributed by atoms with Crippen LogP contribution in [0.2, 0.25) is 0 Å². The molecule has 2 nitrogen and oxygen atoms in total. The second kappa shape index (κ2) is 5.60. The SMILES string of the molecule is C/C=C/CCNC(=O)c1cscc1C. The molecule has 0 atom stereocenters. The zero-order valence-corrected chi connectivity index (χ0v) is 9.36. The van der Waals surface area contributed by atoms with E-state index in [4.69, 9.17) is 0 Å². The maximum absolute atomic E-state index is 11.6. The van der Waals surface area contributed by atoms with Crippen LogP contribution in [0.3, 0.4) is 0 Å². The molecule has 0 aromatic carbocycles. The molecular weight excluding hydrogens is 194 g/mol. The Balaban J connectivity index is 2.40. The highest BCUT2D eigenvalue weighted by Gasteiger charge is 2.07. The number of nitrogens with one attached hydrogen (secondary N) is 1. The van der Waals surface area contributed by atoms with Crippen LogP contribution in [0.25, 0.3) is 0 Å². The Morgan fingerprint density at radius 1 is 1.57 bits per heavy atom. The third-order valence-electron chi connectivity index (χ3n) is 1.93. The fourth-order valence-electron chi connectivity index (χ4n) is 1.12. The third-order valence-corrected chi connectivity index (χ3v) is 2.79. The molecular formula is C11H15NOS. The topological polar surface area (TPSA) is 29.1 Å². The second-order valence-electron chi connectivity index (χ2n) is 3.08. The summed E-state index contributed by atoms with van der Waals surface area (Å²) in [6.45, 7) is 4.64. The molecule has 1 amide bonds. The average Bonchev–Trinajstić information content (AvgIpc) is 2.59. The summed E-state index contributed by atoms with van der Waals surface area (Å²) in [5, 5.41) is 6.75. The highest BCUT2D eigenvalue weighted by Crippen LogP contribution is 2.12. The van der Waals surface area contributed by atoms with Gasteiger partial charge in [0.05, 0.1) is 5.56 Å². The molecule has 1 aromatic heterocycles. The fourth-order valence-corrected chi connectivity index (χ4v) is 1.95. The van der Waals surface area contributed by atoms with Gasteiger partial charge in [-0.2, -0.15) is 11.3 Å². The molecule has 0 unspecified atom stereocenters. The molecule has 0 aliphatic rings. The van der Waals surface area contributed by atoms with Crippen LogP contribution in [0.5, 0.6) is 0 Å². The van der Waals surface area contributed by atoms with Gasteiger partial charge in [0.25, 0.3) is 5.91 Å². The Hall–Kier alpha value is -1.09. The number of carbonyl (C=O) groups excluding carboxylic acids is 1. The maximum Gasteiger partial charge on any atom is 0.252 e. The first-order valence-corrected chi connectivity index (χ1v) is 5.62. The molecule has 0 bridgehead atoms. The van der Waals surface area contributed by atoms with Crippen LogP contribution in [0.4, 0.5) is 0 Å². The molecule has 0 saturated carbocycles. The first-order valence-electron chi connectivity index (χ1n) is 4.68. The van der Waals surface area contributed by atoms with Crippen LogP contribution < -0.4 is 5.32 Å². The van der Waals surface area contributed by atoms with E-state index in [2.05, 4.69) is 5.32 Å². The monoisotopic (exact) mass is 209 g/mol. The number of carbonyl (C=O) groups is 1. The normalized spacial score (nSPS) is 10.7. The number of rotatable bonds is 4. The Bertz CT molecular complexity index is 328. The van der Waals surface area contributed by atoms with E-state index in [1.807, 2.05) is 36.8 Å².